The molecule has 4 rings (SSSR count). The van der Waals surface area contributed by atoms with E-state index in [0.717, 1.165) is 22.3 Å². The third-order valence-corrected chi connectivity index (χ3v) is 5.07. The molecule has 23 heavy (non-hydrogen) atoms. The van der Waals surface area contributed by atoms with Crippen LogP contribution in [0, 0.1) is 11.3 Å². The average Bonchev–Trinajstić information content (AvgIpc) is 2.90. The smallest absolute Gasteiger partial charge is 0.173 e. The van der Waals surface area contributed by atoms with Crippen LogP contribution in [0.25, 0.3) is 5.57 Å². The van der Waals surface area contributed by atoms with Crippen molar-refractivity contribution in [2.75, 3.05) is 0 Å². The van der Waals surface area contributed by atoms with Gasteiger partial charge < -0.3 is 5.11 Å². The summed E-state index contributed by atoms with van der Waals surface area (Å²) in [5, 5.41) is 19.4. The van der Waals surface area contributed by atoms with Crippen molar-refractivity contribution >= 4 is 11.4 Å². The summed E-state index contributed by atoms with van der Waals surface area (Å²) in [5.41, 5.74) is 3.85. The molecular formula is C20H15NO2. The van der Waals surface area contributed by atoms with Crippen molar-refractivity contribution in [3.63, 3.8) is 0 Å². The number of phenols is 1. The summed E-state index contributed by atoms with van der Waals surface area (Å²) >= 11 is 0. The second-order valence-corrected chi connectivity index (χ2v) is 6.25. The van der Waals surface area contributed by atoms with Crippen LogP contribution in [-0.4, -0.2) is 10.9 Å². The number of carbonyl (C=O) groups excluding carboxylic acids is 1. The van der Waals surface area contributed by atoms with Crippen LogP contribution in [0.15, 0.2) is 54.1 Å². The molecule has 0 bridgehead atoms. The fraction of sp³-hybridized carbons (Fsp3) is 0.200. The van der Waals surface area contributed by atoms with Gasteiger partial charge in [0.05, 0.1) is 5.57 Å². The molecule has 0 aliphatic heterocycles. The Bertz CT molecular complexity index is 890. The quantitative estimate of drug-likeness (QED) is 0.876. The average molecular weight is 301 g/mol. The first-order chi connectivity index (χ1) is 11.2. The first-order valence-corrected chi connectivity index (χ1v) is 7.71. The lowest BCUT2D eigenvalue weighted by atomic mass is 9.66. The first-order valence-electron chi connectivity index (χ1n) is 7.71. The molecule has 1 N–H and O–H groups in total. The zero-order valence-corrected chi connectivity index (χ0v) is 12.5. The highest BCUT2D eigenvalue weighted by Crippen LogP contribution is 2.55. The van der Waals surface area contributed by atoms with Gasteiger partial charge in [-0.05, 0) is 47.2 Å². The predicted molar refractivity (Wildman–Crippen MR) is 86.7 cm³/mol. The van der Waals surface area contributed by atoms with Crippen LogP contribution in [0.3, 0.4) is 0 Å². The third-order valence-electron chi connectivity index (χ3n) is 5.07. The Morgan fingerprint density at radius 3 is 2.65 bits per heavy atom. The maximum atomic E-state index is 12.3. The van der Waals surface area contributed by atoms with E-state index in [4.69, 9.17) is 0 Å². The summed E-state index contributed by atoms with van der Waals surface area (Å²) in [4.78, 5) is 12.3. The lowest BCUT2D eigenvalue weighted by Gasteiger charge is -2.35. The van der Waals surface area contributed by atoms with Crippen molar-refractivity contribution in [3.05, 3.63) is 70.8 Å². The Hall–Kier alpha value is -2.86. The number of hydrogen-bond acceptors (Lipinski definition) is 3. The molecule has 3 nitrogen and oxygen atoms in total. The van der Waals surface area contributed by atoms with E-state index in [2.05, 4.69) is 18.2 Å². The summed E-state index contributed by atoms with van der Waals surface area (Å²) in [6.07, 6.45) is 1.81. The molecule has 0 saturated heterocycles. The summed E-state index contributed by atoms with van der Waals surface area (Å²) in [5.74, 6) is 0.144. The highest BCUT2D eigenvalue weighted by Gasteiger charge is 2.48. The summed E-state index contributed by atoms with van der Waals surface area (Å²) in [6, 6.07) is 17.4. The van der Waals surface area contributed by atoms with Gasteiger partial charge in [-0.2, -0.15) is 5.26 Å². The summed E-state index contributed by atoms with van der Waals surface area (Å²) < 4.78 is 0. The molecule has 2 aliphatic rings. The highest BCUT2D eigenvalue weighted by atomic mass is 16.3. The molecule has 0 aromatic heterocycles. The third kappa shape index (κ3) is 1.85. The fourth-order valence-corrected chi connectivity index (χ4v) is 4.09. The molecule has 0 saturated carbocycles. The van der Waals surface area contributed by atoms with Gasteiger partial charge in [-0.1, -0.05) is 36.4 Å². The van der Waals surface area contributed by atoms with E-state index in [1.165, 1.54) is 0 Å². The van der Waals surface area contributed by atoms with Crippen LogP contribution in [0.4, 0.5) is 0 Å². The van der Waals surface area contributed by atoms with Crippen LogP contribution < -0.4 is 0 Å². The monoisotopic (exact) mass is 301 g/mol. The largest absolute Gasteiger partial charge is 0.508 e. The van der Waals surface area contributed by atoms with E-state index in [1.54, 1.807) is 12.1 Å². The van der Waals surface area contributed by atoms with Gasteiger partial charge >= 0.3 is 0 Å². The van der Waals surface area contributed by atoms with Gasteiger partial charge in [0.1, 0.15) is 11.8 Å². The van der Waals surface area contributed by atoms with Crippen molar-refractivity contribution in [2.45, 2.75) is 24.7 Å². The molecule has 0 heterocycles. The van der Waals surface area contributed by atoms with Crippen molar-refractivity contribution in [1.29, 1.82) is 5.26 Å². The lowest BCUT2D eigenvalue weighted by Crippen LogP contribution is -2.32. The van der Waals surface area contributed by atoms with Gasteiger partial charge in [-0.15, -0.1) is 0 Å². The van der Waals surface area contributed by atoms with Gasteiger partial charge in [0.2, 0.25) is 0 Å². The zero-order valence-electron chi connectivity index (χ0n) is 12.5. The summed E-state index contributed by atoms with van der Waals surface area (Å²) in [6.45, 7) is 0. The minimum Gasteiger partial charge on any atom is -0.508 e. The number of allylic oxidation sites excluding steroid dienone is 2. The van der Waals surface area contributed by atoms with E-state index in [1.807, 2.05) is 24.3 Å². The minimum absolute atomic E-state index is 0.0741. The number of aromatic hydroxyl groups is 1. The second kappa shape index (κ2) is 4.82. The van der Waals surface area contributed by atoms with Crippen molar-refractivity contribution < 1.29 is 9.90 Å². The molecule has 0 amide bonds. The van der Waals surface area contributed by atoms with E-state index < -0.39 is 0 Å². The Morgan fingerprint density at radius 2 is 1.91 bits per heavy atom. The molecule has 2 aromatic rings. The van der Waals surface area contributed by atoms with Crippen LogP contribution >= 0.6 is 0 Å². The molecule has 3 heteroatoms. The Morgan fingerprint density at radius 1 is 1.13 bits per heavy atom. The Labute approximate surface area is 134 Å². The number of ketones is 1. The maximum Gasteiger partial charge on any atom is 0.173 e. The number of hydrogen-bond donors (Lipinski definition) is 1. The molecule has 1 unspecified atom stereocenters. The van der Waals surface area contributed by atoms with Crippen LogP contribution in [-0.2, 0) is 16.6 Å². The molecule has 1 atom stereocenters. The lowest BCUT2D eigenvalue weighted by molar-refractivity contribution is -0.115. The number of benzene rings is 2. The van der Waals surface area contributed by atoms with E-state index in [-0.39, 0.29) is 22.5 Å². The van der Waals surface area contributed by atoms with E-state index in [0.29, 0.717) is 19.3 Å². The number of nitriles is 1. The van der Waals surface area contributed by atoms with Gasteiger partial charge in [0.25, 0.3) is 0 Å². The predicted octanol–water partition coefficient (Wildman–Crippen LogP) is 3.53. The minimum atomic E-state index is -0.337. The van der Waals surface area contributed by atoms with Crippen molar-refractivity contribution in [2.24, 2.45) is 0 Å². The van der Waals surface area contributed by atoms with Crippen molar-refractivity contribution in [1.82, 2.24) is 0 Å². The van der Waals surface area contributed by atoms with Gasteiger partial charge in [-0.3, -0.25) is 4.79 Å². The van der Waals surface area contributed by atoms with E-state index in [9.17, 15) is 15.2 Å². The zero-order chi connectivity index (χ0) is 16.0. The number of carbonyl (C=O) groups is 1. The Balaban J connectivity index is 2.06. The maximum absolute atomic E-state index is 12.3. The Kier molecular flexibility index (Phi) is 2.89. The first kappa shape index (κ1) is 13.8. The summed E-state index contributed by atoms with van der Waals surface area (Å²) in [7, 11) is 0. The molecule has 0 radical (unpaired) electrons. The van der Waals surface area contributed by atoms with Crippen molar-refractivity contribution in [3.8, 4) is 11.8 Å². The van der Waals surface area contributed by atoms with Crippen LogP contribution in [0.2, 0.25) is 0 Å². The highest BCUT2D eigenvalue weighted by molar-refractivity contribution is 6.11. The molecule has 112 valence electrons. The van der Waals surface area contributed by atoms with Gasteiger partial charge in [0.15, 0.2) is 5.78 Å². The number of fused-ring (bicyclic) bond motifs is 3. The molecular weight excluding hydrogens is 286 g/mol. The fourth-order valence-electron chi connectivity index (χ4n) is 4.09. The topological polar surface area (TPSA) is 61.1 Å². The normalized spacial score (nSPS) is 22.5. The molecule has 0 fully saturated rings. The van der Waals surface area contributed by atoms with E-state index >= 15 is 0 Å². The second-order valence-electron chi connectivity index (χ2n) is 6.25. The number of Topliss-reactive ketones (excluding diaryl/α,β-unsaturated/α-hetero) is 1. The molecule has 2 aromatic carbocycles. The standard InChI is InChI=1S/C20H15NO2/c21-12-17-18(23)8-9-20(14-4-2-1-3-5-14)11-13-10-15(22)6-7-16(13)19(17)20/h1-7,10,22H,8-9,11H2. The molecule has 0 spiro atoms. The SMILES string of the molecule is N#CC1=C2c3ccc(O)cc3CC2(c2ccccc2)CCC1=O. The number of rotatable bonds is 1. The van der Waals surface area contributed by atoms with Crippen LogP contribution in [0.1, 0.15) is 29.5 Å². The van der Waals surface area contributed by atoms with Crippen LogP contribution in [0.5, 0.6) is 5.75 Å². The van der Waals surface area contributed by atoms with Gasteiger partial charge in [-0.25, -0.2) is 0 Å². The number of nitrogens with zero attached hydrogens (tertiary/aromatic N) is 1. The molecule has 2 aliphatic carbocycles. The number of phenolic OH excluding ortho intramolecular Hbond substituents is 1. The van der Waals surface area contributed by atoms with Gasteiger partial charge in [0, 0.05) is 11.8 Å².